The van der Waals surface area contributed by atoms with Crippen LogP contribution in [0.2, 0.25) is 0 Å². The lowest BCUT2D eigenvalue weighted by Crippen LogP contribution is -2.24. The Morgan fingerprint density at radius 3 is 1.07 bits per heavy atom. The molecule has 9 aromatic heterocycles. The van der Waals surface area contributed by atoms with Gasteiger partial charge in [-0.2, -0.15) is 89.0 Å². The Morgan fingerprint density at radius 1 is 0.403 bits per heavy atom. The number of hydrogen-bond acceptors (Lipinski definition) is 23. The van der Waals surface area contributed by atoms with Crippen LogP contribution in [0.5, 0.6) is 51.7 Å². The molecule has 28 nitrogen and oxygen atoms in total. The number of carboxylic acids is 1. The zero-order valence-corrected chi connectivity index (χ0v) is 70.7. The third kappa shape index (κ3) is 23.4. The molecule has 139 heavy (non-hydrogen) atoms. The van der Waals surface area contributed by atoms with Gasteiger partial charge in [-0.25, -0.2) is 29.7 Å². The Bertz CT molecular complexity index is 6540. The van der Waals surface area contributed by atoms with Gasteiger partial charge in [-0.3, -0.25) is 38.9 Å². The number of anilines is 3. The number of aromatic carboxylic acids is 1. The van der Waals surface area contributed by atoms with Gasteiger partial charge in [0.1, 0.15) is 116 Å². The molecule has 6 aliphatic heterocycles. The largest absolute Gasteiger partial charge is 0.619 e. The first-order valence-electron chi connectivity index (χ1n) is 41.4. The highest BCUT2D eigenvalue weighted by atomic mass is 19.4. The van der Waals surface area contributed by atoms with Crippen molar-refractivity contribution in [3.05, 3.63) is 309 Å². The van der Waals surface area contributed by atoms with Crippen LogP contribution in [-0.4, -0.2) is 105 Å². The highest BCUT2D eigenvalue weighted by Gasteiger charge is 2.61. The van der Waals surface area contributed by atoms with Crippen LogP contribution in [0.4, 0.5) is 96.5 Å². The molecule has 46 heteroatoms. The second kappa shape index (κ2) is 39.4. The molecule has 0 radical (unpaired) electrons. The van der Waals surface area contributed by atoms with E-state index in [1.165, 1.54) is 6.07 Å². The number of Topliss-reactive ketones (excluding diaryl/α,β-unsaturated/α-hetero) is 2. The first-order chi connectivity index (χ1) is 65.8. The summed E-state index contributed by atoms with van der Waals surface area (Å²) in [5.41, 5.74) is 5.11. The topological polar surface area (TPSA) is 394 Å². The lowest BCUT2D eigenvalue weighted by molar-refractivity contribution is -0.605. The Balaban J connectivity index is 0.000000130. The van der Waals surface area contributed by atoms with E-state index in [-0.39, 0.29) is 95.7 Å². The van der Waals surface area contributed by atoms with Crippen LogP contribution in [0.25, 0.3) is 0 Å². The molecular formula is C93H66F18N14O14. The van der Waals surface area contributed by atoms with E-state index in [2.05, 4.69) is 55.8 Å². The average Bonchev–Trinajstić information content (AvgIpc) is 1.51. The zero-order chi connectivity index (χ0) is 99.5. The molecule has 0 spiro atoms. The number of carboxylic acid groups (broad SMARTS) is 1. The number of alkyl halides is 18. The monoisotopic (exact) mass is 1940 g/mol. The number of ketones is 2. The fraction of sp³-hybridized carbons (Fsp3) is 0.247. The van der Waals surface area contributed by atoms with Gasteiger partial charge in [0.05, 0.1) is 39.4 Å². The van der Waals surface area contributed by atoms with Crippen molar-refractivity contribution in [1.29, 1.82) is 5.26 Å². The van der Waals surface area contributed by atoms with Gasteiger partial charge in [0, 0.05) is 163 Å². The predicted octanol–water partition coefficient (Wildman–Crippen LogP) is 19.0. The maximum Gasteiger partial charge on any atom is 0.416 e. The summed E-state index contributed by atoms with van der Waals surface area (Å²) >= 11 is 0. The van der Waals surface area contributed by atoms with Crippen molar-refractivity contribution in [1.82, 2.24) is 39.9 Å². The van der Waals surface area contributed by atoms with Crippen LogP contribution in [0, 0.1) is 28.4 Å². The van der Waals surface area contributed by atoms with E-state index < -0.39 is 93.7 Å². The Labute approximate surface area is 771 Å². The minimum absolute atomic E-state index is 0.00871. The van der Waals surface area contributed by atoms with Gasteiger partial charge in [-0.15, -0.1) is 0 Å². The van der Waals surface area contributed by atoms with Crippen molar-refractivity contribution in [3.63, 3.8) is 0 Å². The first kappa shape index (κ1) is 97.6. The first-order valence-corrected chi connectivity index (χ1v) is 41.4. The van der Waals surface area contributed by atoms with Gasteiger partial charge in [-0.05, 0) is 153 Å². The molecule has 21 rings (SSSR count). The molecule has 9 aliphatic rings. The van der Waals surface area contributed by atoms with Crippen molar-refractivity contribution in [2.75, 3.05) is 16.0 Å². The van der Waals surface area contributed by atoms with Crippen LogP contribution in [0.1, 0.15) is 154 Å². The molecule has 3 aromatic carbocycles. The highest BCUT2D eigenvalue weighted by Crippen LogP contribution is 2.62. The number of benzene rings is 3. The number of carbonyl (C=O) groups is 6. The summed E-state index contributed by atoms with van der Waals surface area (Å²) in [6, 6.07) is 33.0. The quantitative estimate of drug-likeness (QED) is 0.0310. The summed E-state index contributed by atoms with van der Waals surface area (Å²) in [6.07, 6.45) is -11.6. The van der Waals surface area contributed by atoms with Gasteiger partial charge in [0.15, 0.2) is 24.0 Å². The maximum absolute atomic E-state index is 13.0. The average molecular weight is 1950 g/mol. The van der Waals surface area contributed by atoms with Crippen LogP contribution in [0.3, 0.4) is 0 Å². The Kier molecular flexibility index (Phi) is 27.6. The summed E-state index contributed by atoms with van der Waals surface area (Å²) in [6.45, 7) is 0. The number of nitrogens with two attached hydrogens (primary N) is 1. The number of carbonyl (C=O) groups excluding carboxylic acids is 5. The molecule has 0 saturated heterocycles. The molecule has 3 fully saturated rings. The van der Waals surface area contributed by atoms with Crippen molar-refractivity contribution >= 4 is 52.7 Å². The van der Waals surface area contributed by atoms with Crippen molar-refractivity contribution in [3.8, 4) is 57.8 Å². The van der Waals surface area contributed by atoms with Crippen molar-refractivity contribution in [2.24, 2.45) is 17.6 Å². The molecule has 0 bridgehead atoms. The number of pyridine rings is 9. The van der Waals surface area contributed by atoms with Gasteiger partial charge in [-0.1, -0.05) is 0 Å². The number of nitrogens with zero attached hydrogens (tertiary/aromatic N) is 10. The molecule has 9 atom stereocenters. The normalized spacial score (nSPS) is 19.1. The second-order valence-corrected chi connectivity index (χ2v) is 31.7. The molecule has 3 aliphatic carbocycles. The Hall–Kier alpha value is -16.0. The van der Waals surface area contributed by atoms with E-state index >= 15 is 0 Å². The van der Waals surface area contributed by atoms with Crippen LogP contribution in [-0.2, 0) is 70.7 Å². The molecular weight excluding hydrogens is 1880 g/mol. The zero-order valence-electron chi connectivity index (χ0n) is 70.7. The van der Waals surface area contributed by atoms with Crippen LogP contribution in [0.15, 0.2) is 214 Å². The molecule has 6 N–H and O–H groups in total. The maximum atomic E-state index is 13.0. The molecule has 0 unspecified atom stereocenters. The number of ether oxygens (including phenoxy) is 6. The molecule has 3 amide bonds. The number of halogens is 18. The number of fused-ring (bicyclic) bond motifs is 12. The minimum Gasteiger partial charge on any atom is -0.619 e. The van der Waals surface area contributed by atoms with Gasteiger partial charge >= 0.3 is 43.0 Å². The highest BCUT2D eigenvalue weighted by molar-refractivity contribution is 5.97. The third-order valence-corrected chi connectivity index (χ3v) is 22.5. The van der Waals surface area contributed by atoms with E-state index in [0.717, 1.165) is 155 Å². The van der Waals surface area contributed by atoms with E-state index in [0.29, 0.717) is 119 Å². The predicted molar refractivity (Wildman–Crippen MR) is 446 cm³/mol. The molecule has 12 aromatic rings. The van der Waals surface area contributed by atoms with Crippen molar-refractivity contribution < 1.29 is 146 Å². The van der Waals surface area contributed by atoms with E-state index in [9.17, 15) is 113 Å². The Morgan fingerprint density at radius 2 is 0.719 bits per heavy atom. The fourth-order valence-electron chi connectivity index (χ4n) is 15.6. The SMILES string of the molecule is FC(F)(F)c1ccncc1.N#Cc1cc(C(F)(F)F)ccn1.N[C@@H]1[C@H]2Oc3ccc(Oc4ccnc5c4CCC(=O)N5)cc3[C@@H]12.O=C(O)c1cc(C(F)(F)F)ccn1.O=C1CCc2c(Oc3ccc4c(c3)[C@H]3[C@H](CC(=O)c5cc(C(F)(F)F)ccn5)[C@H]3O4)ccnc2N1.O=C1CCc2c(Oc3ccc4c(c3)[C@H]3[C@H](CC(=O)c5cc(C(F)(F)F)ccn5)[C@H]3O4)ccnc2N1.[O-][n+]1ccc(C(F)(F)F)cc1. The minimum atomic E-state index is -4.54. The summed E-state index contributed by atoms with van der Waals surface area (Å²) in [5, 5.41) is 35.2. The summed E-state index contributed by atoms with van der Waals surface area (Å²) in [7, 11) is 0. The fourth-order valence-corrected chi connectivity index (χ4v) is 15.6. The molecule has 15 heterocycles. The number of nitriles is 1. The molecule has 718 valence electrons. The smallest absolute Gasteiger partial charge is 0.416 e. The van der Waals surface area contributed by atoms with E-state index in [1.807, 2.05) is 36.4 Å². The van der Waals surface area contributed by atoms with Gasteiger partial charge in [0.25, 0.3) is 0 Å². The molecule has 3 saturated carbocycles. The van der Waals surface area contributed by atoms with Gasteiger partial charge < -0.3 is 60.4 Å². The number of aromatic nitrogens is 9. The van der Waals surface area contributed by atoms with Crippen LogP contribution < -0.4 is 54.8 Å². The summed E-state index contributed by atoms with van der Waals surface area (Å²) in [5.74, 6) is 5.13. The number of nitrogens with one attached hydrogen (secondary N) is 3. The number of rotatable bonds is 13. The van der Waals surface area contributed by atoms with Crippen LogP contribution >= 0.6 is 0 Å². The summed E-state index contributed by atoms with van der Waals surface area (Å²) < 4.78 is 257. The lowest BCUT2D eigenvalue weighted by atomic mass is 10.0. The van der Waals surface area contributed by atoms with E-state index in [1.54, 1.807) is 55.0 Å². The van der Waals surface area contributed by atoms with Crippen molar-refractivity contribution in [2.45, 2.75) is 131 Å². The standard InChI is InChI=1S/2C25H18F3N3O4.C17H15N3O3.C7H3F3N2.C7H4F3NO2.C6H4F3NO.C6H4F3N/c2*26-25(27,28)12-5-7-29-17(9-12)18(32)11-16-22-15-10-13(1-3-19(15)35-23(16)22)34-20-6-8-30-24-14(20)2-4-21(33)31-24;18-15-14-10-7-8(1-3-11(10)23-16(14)15)22-12-5-6-19-17-9(12)2-4-13(21)20-17;8-7(9,10)5-1-2-12-6(3-5)4-11;8-7(9,10)4-1-2-11-5(3-4)6(12)13;7-6(8,9)5-1-3-10(11)4-2-5;7-6(8,9)5-1-3-10-4-2-5/h2*1,3,5-10,16,22-23H,2,4,11H2,(H,30,31,33);1,3,5-7,14-16H,2,4,18H2,(H,19,20,21);1-3H;1-3H,(H,12,13);1-4H;1-4H/t2*16-,22-,23+;14-,15-,16-;;;;/m000..../s1. The summed E-state index contributed by atoms with van der Waals surface area (Å²) in [4.78, 5) is 101. The van der Waals surface area contributed by atoms with Gasteiger partial charge in [0.2, 0.25) is 17.7 Å². The number of hydrogen-bond donors (Lipinski definition) is 5. The third-order valence-electron chi connectivity index (χ3n) is 22.5. The van der Waals surface area contributed by atoms with E-state index in [4.69, 9.17) is 44.5 Å². The number of amides is 3. The second-order valence-electron chi connectivity index (χ2n) is 31.7. The lowest BCUT2D eigenvalue weighted by Gasteiger charge is -2.19.